The van der Waals surface area contributed by atoms with Crippen LogP contribution in [0.3, 0.4) is 0 Å². The van der Waals surface area contributed by atoms with Crippen molar-refractivity contribution >= 4 is 5.91 Å². The molecule has 0 heterocycles. The highest BCUT2D eigenvalue weighted by Crippen LogP contribution is 2.27. The molecule has 0 saturated heterocycles. The summed E-state index contributed by atoms with van der Waals surface area (Å²) in [7, 11) is 0. The summed E-state index contributed by atoms with van der Waals surface area (Å²) in [6.07, 6.45) is 6.46. The van der Waals surface area contributed by atoms with Gasteiger partial charge in [0.25, 0.3) is 0 Å². The van der Waals surface area contributed by atoms with Gasteiger partial charge in [-0.1, -0.05) is 43.2 Å². The first-order valence-electron chi connectivity index (χ1n) is 7.31. The van der Waals surface area contributed by atoms with Gasteiger partial charge in [0, 0.05) is 19.0 Å². The Kier molecular flexibility index (Phi) is 5.40. The van der Waals surface area contributed by atoms with E-state index in [2.05, 4.69) is 17.4 Å². The van der Waals surface area contributed by atoms with Crippen molar-refractivity contribution in [3.63, 3.8) is 0 Å². The van der Waals surface area contributed by atoms with Crippen molar-refractivity contribution in [1.82, 2.24) is 5.32 Å². The van der Waals surface area contributed by atoms with Gasteiger partial charge in [-0.25, -0.2) is 0 Å². The smallest absolute Gasteiger partial charge is 0.220 e. The van der Waals surface area contributed by atoms with Crippen molar-refractivity contribution in [1.29, 1.82) is 0 Å². The Morgan fingerprint density at radius 2 is 1.95 bits per heavy atom. The molecule has 3 N–H and O–H groups in total. The lowest BCUT2D eigenvalue weighted by Crippen LogP contribution is -2.42. The van der Waals surface area contributed by atoms with Crippen molar-refractivity contribution in [2.24, 2.45) is 11.7 Å². The molecule has 1 unspecified atom stereocenters. The zero-order chi connectivity index (χ0) is 13.5. The topological polar surface area (TPSA) is 55.1 Å². The van der Waals surface area contributed by atoms with Gasteiger partial charge in [-0.05, 0) is 30.7 Å². The van der Waals surface area contributed by atoms with Crippen molar-refractivity contribution in [3.8, 4) is 0 Å². The molecular formula is C16H24N2O. The van der Waals surface area contributed by atoms with E-state index in [1.54, 1.807) is 0 Å². The van der Waals surface area contributed by atoms with Crippen LogP contribution in [-0.2, 0) is 11.2 Å². The molecule has 0 radical (unpaired) electrons. The lowest BCUT2D eigenvalue weighted by molar-refractivity contribution is -0.122. The summed E-state index contributed by atoms with van der Waals surface area (Å²) in [4.78, 5) is 12.0. The Hall–Kier alpha value is -1.35. The maximum atomic E-state index is 12.0. The van der Waals surface area contributed by atoms with Crippen LogP contribution in [0.5, 0.6) is 0 Å². The Labute approximate surface area is 115 Å². The largest absolute Gasteiger partial charge is 0.352 e. The minimum absolute atomic E-state index is 0.0521. The van der Waals surface area contributed by atoms with Gasteiger partial charge >= 0.3 is 0 Å². The number of nitrogens with two attached hydrogens (primary N) is 1. The molecule has 0 aromatic heterocycles. The first-order valence-corrected chi connectivity index (χ1v) is 7.31. The van der Waals surface area contributed by atoms with Crippen LogP contribution in [0.15, 0.2) is 30.3 Å². The molecule has 104 valence electrons. The van der Waals surface area contributed by atoms with Gasteiger partial charge in [-0.3, -0.25) is 4.79 Å². The summed E-state index contributed by atoms with van der Waals surface area (Å²) in [5.41, 5.74) is 6.98. The molecule has 1 aliphatic carbocycles. The number of rotatable bonds is 6. The van der Waals surface area contributed by atoms with Gasteiger partial charge in [0.2, 0.25) is 5.91 Å². The summed E-state index contributed by atoms with van der Waals surface area (Å²) >= 11 is 0. The van der Waals surface area contributed by atoms with Gasteiger partial charge in [0.15, 0.2) is 0 Å². The molecule has 1 fully saturated rings. The molecular weight excluding hydrogens is 236 g/mol. The molecule has 3 nitrogen and oxygen atoms in total. The predicted octanol–water partition coefficient (Wildman–Crippen LogP) is 2.25. The fourth-order valence-electron chi connectivity index (χ4n) is 2.86. The van der Waals surface area contributed by atoms with Gasteiger partial charge in [0.1, 0.15) is 0 Å². The Balaban J connectivity index is 1.79. The van der Waals surface area contributed by atoms with Gasteiger partial charge in [-0.2, -0.15) is 0 Å². The number of nitrogens with one attached hydrogen (secondary N) is 1. The monoisotopic (exact) mass is 260 g/mol. The second-order valence-electron chi connectivity index (χ2n) is 5.54. The van der Waals surface area contributed by atoms with E-state index in [1.807, 2.05) is 18.2 Å². The van der Waals surface area contributed by atoms with Gasteiger partial charge in [-0.15, -0.1) is 0 Å². The van der Waals surface area contributed by atoms with E-state index >= 15 is 0 Å². The zero-order valence-electron chi connectivity index (χ0n) is 11.5. The maximum Gasteiger partial charge on any atom is 0.220 e. The lowest BCUT2D eigenvalue weighted by Gasteiger charge is -2.18. The molecule has 0 aliphatic heterocycles. The standard InChI is InChI=1S/C16H24N2O/c17-12-15(10-13-6-2-1-3-7-13)18-16(19)11-14-8-4-5-9-14/h1-3,6-7,14-15H,4-5,8-12,17H2,(H,18,19). The quantitative estimate of drug-likeness (QED) is 0.824. The molecule has 0 spiro atoms. The molecule has 1 aromatic rings. The molecule has 1 aromatic carbocycles. The number of carbonyl (C=O) groups excluding carboxylic acids is 1. The van der Waals surface area contributed by atoms with Crippen molar-refractivity contribution in [3.05, 3.63) is 35.9 Å². The minimum Gasteiger partial charge on any atom is -0.352 e. The molecule has 1 aliphatic rings. The Morgan fingerprint density at radius 3 is 2.58 bits per heavy atom. The van der Waals surface area contributed by atoms with Crippen LogP contribution >= 0.6 is 0 Å². The molecule has 1 saturated carbocycles. The summed E-state index contributed by atoms with van der Waals surface area (Å²) < 4.78 is 0. The van der Waals surface area contributed by atoms with Crippen LogP contribution in [0.1, 0.15) is 37.7 Å². The Bertz CT molecular complexity index is 385. The van der Waals surface area contributed by atoms with Crippen LogP contribution in [0.25, 0.3) is 0 Å². The minimum atomic E-state index is 0.0521. The van der Waals surface area contributed by atoms with E-state index in [0.717, 1.165) is 6.42 Å². The normalized spacial score (nSPS) is 17.3. The fraction of sp³-hybridized carbons (Fsp3) is 0.562. The third-order valence-electron chi connectivity index (χ3n) is 3.92. The van der Waals surface area contributed by atoms with Crippen LogP contribution < -0.4 is 11.1 Å². The SMILES string of the molecule is NCC(Cc1ccccc1)NC(=O)CC1CCCC1. The van der Waals surface area contributed by atoms with Crippen LogP contribution in [0.2, 0.25) is 0 Å². The Morgan fingerprint density at radius 1 is 1.26 bits per heavy atom. The first-order chi connectivity index (χ1) is 9.28. The van der Waals surface area contributed by atoms with Crippen LogP contribution in [0, 0.1) is 5.92 Å². The average molecular weight is 260 g/mol. The second-order valence-corrected chi connectivity index (χ2v) is 5.54. The molecule has 2 rings (SSSR count). The summed E-state index contributed by atoms with van der Waals surface area (Å²) in [5.74, 6) is 0.758. The van der Waals surface area contributed by atoms with Crippen LogP contribution in [-0.4, -0.2) is 18.5 Å². The van der Waals surface area contributed by atoms with Crippen molar-refractivity contribution in [2.75, 3.05) is 6.54 Å². The third kappa shape index (κ3) is 4.67. The summed E-state index contributed by atoms with van der Waals surface area (Å²) in [6.45, 7) is 0.491. The van der Waals surface area contributed by atoms with Gasteiger partial charge in [0.05, 0.1) is 0 Å². The average Bonchev–Trinajstić information content (AvgIpc) is 2.92. The molecule has 0 bridgehead atoms. The van der Waals surface area contributed by atoms with E-state index < -0.39 is 0 Å². The highest BCUT2D eigenvalue weighted by Gasteiger charge is 2.19. The molecule has 1 atom stereocenters. The fourth-order valence-corrected chi connectivity index (χ4v) is 2.86. The van der Waals surface area contributed by atoms with Crippen molar-refractivity contribution in [2.45, 2.75) is 44.6 Å². The number of hydrogen-bond donors (Lipinski definition) is 2. The maximum absolute atomic E-state index is 12.0. The zero-order valence-corrected chi connectivity index (χ0v) is 11.5. The first kappa shape index (κ1) is 14.1. The number of benzene rings is 1. The van der Waals surface area contributed by atoms with E-state index in [4.69, 9.17) is 5.73 Å². The van der Waals surface area contributed by atoms with E-state index in [9.17, 15) is 4.79 Å². The second kappa shape index (κ2) is 7.29. The van der Waals surface area contributed by atoms with Crippen molar-refractivity contribution < 1.29 is 4.79 Å². The van der Waals surface area contributed by atoms with E-state index in [0.29, 0.717) is 18.9 Å². The summed E-state index contributed by atoms with van der Waals surface area (Å²) in [5, 5.41) is 3.08. The highest BCUT2D eigenvalue weighted by molar-refractivity contribution is 5.76. The lowest BCUT2D eigenvalue weighted by atomic mass is 10.0. The highest BCUT2D eigenvalue weighted by atomic mass is 16.1. The third-order valence-corrected chi connectivity index (χ3v) is 3.92. The molecule has 3 heteroatoms. The van der Waals surface area contributed by atoms with Gasteiger partial charge < -0.3 is 11.1 Å². The number of amides is 1. The van der Waals surface area contributed by atoms with Crippen LogP contribution in [0.4, 0.5) is 0 Å². The predicted molar refractivity (Wildman–Crippen MR) is 77.7 cm³/mol. The van der Waals surface area contributed by atoms with E-state index in [1.165, 1.54) is 31.2 Å². The number of carbonyl (C=O) groups is 1. The molecule has 19 heavy (non-hydrogen) atoms. The number of hydrogen-bond acceptors (Lipinski definition) is 2. The molecule has 1 amide bonds. The van der Waals surface area contributed by atoms with E-state index in [-0.39, 0.29) is 11.9 Å². The summed E-state index contributed by atoms with van der Waals surface area (Å²) in [6, 6.07) is 10.2.